The zero-order chi connectivity index (χ0) is 18.5. The van der Waals surface area contributed by atoms with E-state index in [0.717, 1.165) is 24.7 Å². The van der Waals surface area contributed by atoms with Crippen molar-refractivity contribution < 1.29 is 13.5 Å². The van der Waals surface area contributed by atoms with Gasteiger partial charge in [-0.2, -0.15) is 4.39 Å². The van der Waals surface area contributed by atoms with Gasteiger partial charge in [-0.05, 0) is 62.0 Å². The van der Waals surface area contributed by atoms with Crippen LogP contribution in [-0.2, 0) is 0 Å². The Bertz CT molecular complexity index is 576. The Balaban J connectivity index is 1.55. The van der Waals surface area contributed by atoms with E-state index >= 15 is 0 Å². The molecular weight excluding hydrogens is 346 g/mol. The van der Waals surface area contributed by atoms with Crippen molar-refractivity contribution in [2.24, 2.45) is 11.8 Å². The van der Waals surface area contributed by atoms with Gasteiger partial charge in [0, 0.05) is 8.80 Å². The summed E-state index contributed by atoms with van der Waals surface area (Å²) in [6.07, 6.45) is 8.63. The molecule has 0 unspecified atom stereocenters. The van der Waals surface area contributed by atoms with Gasteiger partial charge in [-0.3, -0.25) is 0 Å². The molecule has 0 spiro atoms. The topological polar surface area (TPSA) is 9.23 Å². The van der Waals surface area contributed by atoms with Crippen molar-refractivity contribution in [3.8, 4) is 5.75 Å². The molecule has 1 heterocycles. The second-order valence-electron chi connectivity index (χ2n) is 8.40. The number of ether oxygens (including phenoxy) is 1. The predicted octanol–water partition coefficient (Wildman–Crippen LogP) is 6.68. The lowest BCUT2D eigenvalue weighted by Crippen LogP contribution is -2.28. The molecule has 1 aliphatic heterocycles. The Morgan fingerprint density at radius 1 is 0.923 bits per heavy atom. The molecule has 0 atom stereocenters. The van der Waals surface area contributed by atoms with Crippen LogP contribution in [0, 0.1) is 23.5 Å². The number of hydrogen-bond acceptors (Lipinski definition) is 1. The van der Waals surface area contributed by atoms with Crippen LogP contribution in [0.2, 0.25) is 18.1 Å². The summed E-state index contributed by atoms with van der Waals surface area (Å²) in [6.45, 7) is 4.46. The van der Waals surface area contributed by atoms with Crippen LogP contribution in [0.3, 0.4) is 0 Å². The second-order valence-corrected chi connectivity index (χ2v) is 11.9. The molecule has 0 amide bonds. The largest absolute Gasteiger partial charge is 0.491 e. The first-order chi connectivity index (χ1) is 12.6. The van der Waals surface area contributed by atoms with E-state index in [0.29, 0.717) is 12.2 Å². The van der Waals surface area contributed by atoms with E-state index in [1.165, 1.54) is 50.2 Å². The molecule has 0 bridgehead atoms. The zero-order valence-corrected chi connectivity index (χ0v) is 17.6. The highest BCUT2D eigenvalue weighted by atomic mass is 28.3. The Labute approximate surface area is 159 Å². The average Bonchev–Trinajstić information content (AvgIpc) is 2.67. The van der Waals surface area contributed by atoms with Gasteiger partial charge in [0.2, 0.25) is 5.82 Å². The summed E-state index contributed by atoms with van der Waals surface area (Å²) < 4.78 is 33.8. The molecule has 0 N–H and O–H groups in total. The fourth-order valence-electron chi connectivity index (χ4n) is 5.39. The van der Waals surface area contributed by atoms with E-state index in [-0.39, 0.29) is 11.7 Å². The van der Waals surface area contributed by atoms with E-state index in [1.807, 2.05) is 0 Å². The van der Waals surface area contributed by atoms with Crippen LogP contribution in [0.15, 0.2) is 12.1 Å². The fourth-order valence-corrected chi connectivity index (χ4v) is 8.87. The molecule has 1 saturated heterocycles. The Morgan fingerprint density at radius 2 is 1.58 bits per heavy atom. The highest BCUT2D eigenvalue weighted by molar-refractivity contribution is 6.58. The summed E-state index contributed by atoms with van der Waals surface area (Å²) in [5.74, 6) is 0.422. The molecule has 3 rings (SSSR count). The lowest BCUT2D eigenvalue weighted by molar-refractivity contribution is 0.214. The van der Waals surface area contributed by atoms with Crippen molar-refractivity contribution in [1.82, 2.24) is 0 Å². The van der Waals surface area contributed by atoms with Crippen molar-refractivity contribution in [3.63, 3.8) is 0 Å². The van der Waals surface area contributed by atoms with Crippen LogP contribution in [-0.4, -0.2) is 15.4 Å². The van der Waals surface area contributed by atoms with Crippen LogP contribution in [0.5, 0.6) is 5.75 Å². The maximum absolute atomic E-state index is 14.5. The summed E-state index contributed by atoms with van der Waals surface area (Å²) in [5.41, 5.74) is 0.559. The summed E-state index contributed by atoms with van der Waals surface area (Å²) in [6, 6.07) is 7.95. The van der Waals surface area contributed by atoms with Crippen LogP contribution >= 0.6 is 0 Å². The van der Waals surface area contributed by atoms with Crippen LogP contribution < -0.4 is 4.74 Å². The molecule has 0 aromatic heterocycles. The highest BCUT2D eigenvalue weighted by Crippen LogP contribution is 2.44. The van der Waals surface area contributed by atoms with Crippen molar-refractivity contribution in [2.75, 3.05) is 6.61 Å². The number of halogens is 2. The van der Waals surface area contributed by atoms with Gasteiger partial charge in [-0.25, -0.2) is 4.39 Å². The first-order valence-corrected chi connectivity index (χ1v) is 13.2. The molecular formula is C22H34F2OSi. The third-order valence-electron chi connectivity index (χ3n) is 6.84. The van der Waals surface area contributed by atoms with E-state index in [1.54, 1.807) is 19.1 Å². The highest BCUT2D eigenvalue weighted by Gasteiger charge is 2.32. The van der Waals surface area contributed by atoms with Crippen molar-refractivity contribution in [1.29, 1.82) is 0 Å². The monoisotopic (exact) mass is 380 g/mol. The molecule has 2 fully saturated rings. The lowest BCUT2D eigenvalue weighted by Gasteiger charge is -2.37. The van der Waals surface area contributed by atoms with Gasteiger partial charge in [-0.15, -0.1) is 0 Å². The van der Waals surface area contributed by atoms with Crippen LogP contribution in [0.1, 0.15) is 70.3 Å². The molecule has 1 aromatic carbocycles. The van der Waals surface area contributed by atoms with Crippen molar-refractivity contribution in [3.05, 3.63) is 29.3 Å². The number of hydrogen-bond donors (Lipinski definition) is 0. The van der Waals surface area contributed by atoms with E-state index in [4.69, 9.17) is 4.74 Å². The normalized spacial score (nSPS) is 29.5. The Morgan fingerprint density at radius 3 is 2.19 bits per heavy atom. The molecule has 1 saturated carbocycles. The minimum atomic E-state index is -0.814. The van der Waals surface area contributed by atoms with Crippen LogP contribution in [0.25, 0.3) is 0 Å². The molecule has 1 aliphatic carbocycles. The summed E-state index contributed by atoms with van der Waals surface area (Å²) in [7, 11) is -0.407. The molecule has 26 heavy (non-hydrogen) atoms. The molecule has 0 radical (unpaired) electrons. The Hall–Kier alpha value is -0.903. The standard InChI is InChI=1S/C22H34F2OSi/c1-3-13-26-14-11-17(12-15-26)16-5-7-18(8-6-16)19-9-10-20(25-4-2)22(24)21(19)23/h9-10,16-18,26H,3-8,11-15H2,1-2H3. The van der Waals surface area contributed by atoms with E-state index < -0.39 is 20.4 Å². The first kappa shape index (κ1) is 19.8. The maximum Gasteiger partial charge on any atom is 0.200 e. The third kappa shape index (κ3) is 4.49. The minimum Gasteiger partial charge on any atom is -0.491 e. The molecule has 146 valence electrons. The smallest absolute Gasteiger partial charge is 0.200 e. The Kier molecular flexibility index (Phi) is 7.13. The van der Waals surface area contributed by atoms with Gasteiger partial charge in [0.05, 0.1) is 6.61 Å². The lowest BCUT2D eigenvalue weighted by atomic mass is 9.72. The fraction of sp³-hybridized carbons (Fsp3) is 0.727. The molecule has 2 aliphatic rings. The van der Waals surface area contributed by atoms with Gasteiger partial charge in [-0.1, -0.05) is 50.4 Å². The van der Waals surface area contributed by atoms with Gasteiger partial charge in [0.25, 0.3) is 0 Å². The number of rotatable bonds is 6. The van der Waals surface area contributed by atoms with E-state index in [2.05, 4.69) is 6.92 Å². The minimum absolute atomic E-state index is 0.0374. The molecule has 1 aromatic rings. The molecule has 4 heteroatoms. The van der Waals surface area contributed by atoms with Gasteiger partial charge >= 0.3 is 0 Å². The summed E-state index contributed by atoms with van der Waals surface area (Å²) in [5, 5.41) is 0. The van der Waals surface area contributed by atoms with Gasteiger partial charge in [0.15, 0.2) is 11.6 Å². The summed E-state index contributed by atoms with van der Waals surface area (Å²) >= 11 is 0. The zero-order valence-electron chi connectivity index (χ0n) is 16.4. The second kappa shape index (κ2) is 9.34. The maximum atomic E-state index is 14.5. The first-order valence-electron chi connectivity index (χ1n) is 10.7. The van der Waals surface area contributed by atoms with Crippen LogP contribution in [0.4, 0.5) is 8.78 Å². The summed E-state index contributed by atoms with van der Waals surface area (Å²) in [4.78, 5) is 0. The average molecular weight is 381 g/mol. The number of benzene rings is 1. The SMILES string of the molecule is CCC[SiH]1CCC(C2CCC(c3ccc(OCC)c(F)c3F)CC2)CC1. The quantitative estimate of drug-likeness (QED) is 0.500. The van der Waals surface area contributed by atoms with E-state index in [9.17, 15) is 8.78 Å². The third-order valence-corrected chi connectivity index (χ3v) is 10.5. The van der Waals surface area contributed by atoms with Crippen molar-refractivity contribution >= 4 is 8.80 Å². The van der Waals surface area contributed by atoms with Gasteiger partial charge in [0.1, 0.15) is 0 Å². The van der Waals surface area contributed by atoms with Crippen molar-refractivity contribution in [2.45, 2.75) is 82.8 Å². The van der Waals surface area contributed by atoms with Gasteiger partial charge < -0.3 is 4.74 Å². The molecule has 1 nitrogen and oxygen atoms in total. The predicted molar refractivity (Wildman–Crippen MR) is 107 cm³/mol.